The van der Waals surface area contributed by atoms with Crippen LogP contribution in [-0.4, -0.2) is 10.9 Å². The number of amidine groups is 1. The van der Waals surface area contributed by atoms with Gasteiger partial charge in [0.1, 0.15) is 5.82 Å². The van der Waals surface area contributed by atoms with Gasteiger partial charge < -0.3 is 10.5 Å². The standard InChI is InChI=1S/C18H20FN3S2/c1-12-3-6-14(7-4-12)24-22-13-5-8-16(19)15(11-13)18(2)9-10-23-17(20)21-18/h3-8,11,22H,9-10H2,1-2H3,(H2,20,21). The van der Waals surface area contributed by atoms with Crippen LogP contribution in [0.3, 0.4) is 0 Å². The summed E-state index contributed by atoms with van der Waals surface area (Å²) in [7, 11) is 0. The molecule has 0 aromatic heterocycles. The zero-order valence-corrected chi connectivity index (χ0v) is 15.3. The van der Waals surface area contributed by atoms with Crippen LogP contribution in [0.4, 0.5) is 10.1 Å². The molecule has 1 heterocycles. The number of aryl methyl sites for hydroxylation is 1. The summed E-state index contributed by atoms with van der Waals surface area (Å²) in [6.45, 7) is 4.00. The number of thioether (sulfide) groups is 1. The molecule has 126 valence electrons. The number of rotatable bonds is 4. The third-order valence-corrected chi connectivity index (χ3v) is 5.69. The van der Waals surface area contributed by atoms with E-state index in [-0.39, 0.29) is 5.82 Å². The van der Waals surface area contributed by atoms with Crippen LogP contribution in [0.15, 0.2) is 52.4 Å². The van der Waals surface area contributed by atoms with E-state index < -0.39 is 5.54 Å². The van der Waals surface area contributed by atoms with Gasteiger partial charge >= 0.3 is 0 Å². The van der Waals surface area contributed by atoms with Gasteiger partial charge in [0.2, 0.25) is 0 Å². The van der Waals surface area contributed by atoms with Crippen LogP contribution in [0.2, 0.25) is 0 Å². The SMILES string of the molecule is Cc1ccc(SNc2ccc(F)c(C3(C)CCSC(N)=N3)c2)cc1. The van der Waals surface area contributed by atoms with E-state index in [2.05, 4.69) is 40.9 Å². The summed E-state index contributed by atoms with van der Waals surface area (Å²) in [6.07, 6.45) is 0.768. The molecular weight excluding hydrogens is 341 g/mol. The summed E-state index contributed by atoms with van der Waals surface area (Å²) in [4.78, 5) is 5.60. The maximum Gasteiger partial charge on any atom is 0.154 e. The first-order valence-electron chi connectivity index (χ1n) is 7.74. The lowest BCUT2D eigenvalue weighted by atomic mass is 9.89. The Labute approximate surface area is 150 Å². The van der Waals surface area contributed by atoms with Crippen molar-refractivity contribution in [3.8, 4) is 0 Å². The monoisotopic (exact) mass is 361 g/mol. The zero-order chi connectivity index (χ0) is 17.2. The molecule has 2 aromatic carbocycles. The number of hydrogen-bond donors (Lipinski definition) is 2. The van der Waals surface area contributed by atoms with E-state index in [0.29, 0.717) is 10.7 Å². The number of benzene rings is 2. The second kappa shape index (κ2) is 7.07. The van der Waals surface area contributed by atoms with E-state index in [1.54, 1.807) is 6.07 Å². The van der Waals surface area contributed by atoms with Crippen molar-refractivity contribution in [2.45, 2.75) is 30.7 Å². The molecule has 1 atom stereocenters. The van der Waals surface area contributed by atoms with Crippen molar-refractivity contribution in [3.63, 3.8) is 0 Å². The highest BCUT2D eigenvalue weighted by Crippen LogP contribution is 2.38. The molecule has 0 spiro atoms. The molecule has 3 rings (SSSR count). The molecule has 0 saturated heterocycles. The zero-order valence-electron chi connectivity index (χ0n) is 13.7. The third kappa shape index (κ3) is 3.87. The molecule has 24 heavy (non-hydrogen) atoms. The average Bonchev–Trinajstić information content (AvgIpc) is 2.55. The Bertz CT molecular complexity index is 761. The van der Waals surface area contributed by atoms with Crippen LogP contribution in [0.5, 0.6) is 0 Å². The third-order valence-electron chi connectivity index (χ3n) is 4.05. The van der Waals surface area contributed by atoms with E-state index in [1.165, 1.54) is 35.3 Å². The molecule has 3 N–H and O–H groups in total. The van der Waals surface area contributed by atoms with E-state index in [0.717, 1.165) is 22.8 Å². The molecule has 1 aliphatic rings. The average molecular weight is 362 g/mol. The van der Waals surface area contributed by atoms with Crippen LogP contribution >= 0.6 is 23.7 Å². The first kappa shape index (κ1) is 17.2. The van der Waals surface area contributed by atoms with Crippen molar-refractivity contribution < 1.29 is 4.39 Å². The molecular formula is C18H20FN3S2. The molecule has 6 heteroatoms. The van der Waals surface area contributed by atoms with Gasteiger partial charge in [-0.1, -0.05) is 29.5 Å². The fourth-order valence-electron chi connectivity index (χ4n) is 2.61. The Morgan fingerprint density at radius 2 is 2.00 bits per heavy atom. The number of nitrogens with one attached hydrogen (secondary N) is 1. The Balaban J connectivity index is 1.81. The highest BCUT2D eigenvalue weighted by atomic mass is 32.2. The van der Waals surface area contributed by atoms with Crippen LogP contribution in [0.1, 0.15) is 24.5 Å². The van der Waals surface area contributed by atoms with Gasteiger partial charge in [-0.05, 0) is 62.5 Å². The van der Waals surface area contributed by atoms with Crippen molar-refractivity contribution in [2.24, 2.45) is 10.7 Å². The Hall–Kier alpha value is -1.66. The number of nitrogens with two attached hydrogens (primary N) is 1. The molecule has 0 amide bonds. The van der Waals surface area contributed by atoms with Crippen LogP contribution in [-0.2, 0) is 5.54 Å². The maximum atomic E-state index is 14.4. The second-order valence-electron chi connectivity index (χ2n) is 6.03. The Morgan fingerprint density at radius 3 is 2.71 bits per heavy atom. The first-order chi connectivity index (χ1) is 11.5. The normalized spacial score (nSPS) is 20.5. The first-order valence-corrected chi connectivity index (χ1v) is 9.54. The molecule has 0 aliphatic carbocycles. The largest absolute Gasteiger partial charge is 0.379 e. The Kier molecular flexibility index (Phi) is 5.06. The number of anilines is 1. The van der Waals surface area contributed by atoms with Crippen molar-refractivity contribution >= 4 is 34.6 Å². The van der Waals surface area contributed by atoms with Gasteiger partial charge in [-0.25, -0.2) is 4.39 Å². The molecule has 0 bridgehead atoms. The van der Waals surface area contributed by atoms with Gasteiger partial charge in [0.25, 0.3) is 0 Å². The fourth-order valence-corrected chi connectivity index (χ4v) is 4.22. The van der Waals surface area contributed by atoms with E-state index >= 15 is 0 Å². The van der Waals surface area contributed by atoms with E-state index in [4.69, 9.17) is 5.73 Å². The smallest absolute Gasteiger partial charge is 0.154 e. The highest BCUT2D eigenvalue weighted by Gasteiger charge is 2.32. The summed E-state index contributed by atoms with van der Waals surface area (Å²) in [6, 6.07) is 13.3. The summed E-state index contributed by atoms with van der Waals surface area (Å²) < 4.78 is 17.7. The minimum absolute atomic E-state index is 0.244. The van der Waals surface area contributed by atoms with Crippen molar-refractivity contribution in [1.29, 1.82) is 0 Å². The van der Waals surface area contributed by atoms with Gasteiger partial charge in [-0.15, -0.1) is 0 Å². The summed E-state index contributed by atoms with van der Waals surface area (Å²) in [5.41, 5.74) is 7.91. The van der Waals surface area contributed by atoms with Crippen LogP contribution in [0.25, 0.3) is 0 Å². The van der Waals surface area contributed by atoms with Gasteiger partial charge in [0, 0.05) is 21.9 Å². The summed E-state index contributed by atoms with van der Waals surface area (Å²) >= 11 is 3.03. The van der Waals surface area contributed by atoms with Crippen LogP contribution in [0, 0.1) is 12.7 Å². The lowest BCUT2D eigenvalue weighted by molar-refractivity contribution is 0.450. The number of nitrogens with zero attached hydrogens (tertiary/aromatic N) is 1. The minimum atomic E-state index is -0.606. The molecule has 0 saturated carbocycles. The van der Waals surface area contributed by atoms with Gasteiger partial charge in [0.15, 0.2) is 5.17 Å². The van der Waals surface area contributed by atoms with Crippen molar-refractivity contribution in [3.05, 3.63) is 59.4 Å². The van der Waals surface area contributed by atoms with Gasteiger partial charge in [0.05, 0.1) is 5.54 Å². The lowest BCUT2D eigenvalue weighted by Gasteiger charge is -2.30. The molecule has 1 unspecified atom stereocenters. The Morgan fingerprint density at radius 1 is 1.25 bits per heavy atom. The molecule has 0 radical (unpaired) electrons. The van der Waals surface area contributed by atoms with Crippen LogP contribution < -0.4 is 10.5 Å². The molecule has 3 nitrogen and oxygen atoms in total. The van der Waals surface area contributed by atoms with Crippen molar-refractivity contribution in [2.75, 3.05) is 10.5 Å². The summed E-state index contributed by atoms with van der Waals surface area (Å²) in [5, 5.41) is 0.524. The number of halogens is 1. The minimum Gasteiger partial charge on any atom is -0.379 e. The lowest BCUT2D eigenvalue weighted by Crippen LogP contribution is -2.29. The summed E-state index contributed by atoms with van der Waals surface area (Å²) in [5.74, 6) is 0.605. The topological polar surface area (TPSA) is 50.4 Å². The predicted molar refractivity (Wildman–Crippen MR) is 103 cm³/mol. The van der Waals surface area contributed by atoms with Gasteiger partial charge in [-0.2, -0.15) is 0 Å². The van der Waals surface area contributed by atoms with Crippen molar-refractivity contribution in [1.82, 2.24) is 0 Å². The fraction of sp³-hybridized carbons (Fsp3) is 0.278. The second-order valence-corrected chi connectivity index (χ2v) is 8.03. The molecule has 2 aromatic rings. The van der Waals surface area contributed by atoms with Gasteiger partial charge in [-0.3, -0.25) is 4.99 Å². The molecule has 0 fully saturated rings. The number of aliphatic imine (C=N–C) groups is 1. The van der Waals surface area contributed by atoms with E-state index in [1.807, 2.05) is 13.0 Å². The number of hydrogen-bond acceptors (Lipinski definition) is 5. The quantitative estimate of drug-likeness (QED) is 0.759. The van der Waals surface area contributed by atoms with E-state index in [9.17, 15) is 4.39 Å². The highest BCUT2D eigenvalue weighted by molar-refractivity contribution is 8.13. The maximum absolute atomic E-state index is 14.4. The molecule has 1 aliphatic heterocycles. The predicted octanol–water partition coefficient (Wildman–Crippen LogP) is 4.92.